The number of amides is 1. The molecule has 0 aliphatic carbocycles. The highest BCUT2D eigenvalue weighted by molar-refractivity contribution is 5.99. The van der Waals surface area contributed by atoms with Gasteiger partial charge in [-0.1, -0.05) is 39.8 Å². The van der Waals surface area contributed by atoms with Crippen molar-refractivity contribution < 1.29 is 67.5 Å². The minimum atomic E-state index is -1.77. The van der Waals surface area contributed by atoms with Crippen molar-refractivity contribution in [3.05, 3.63) is 12.2 Å². The molecule has 0 radical (unpaired) electrons. The molecule has 3 fully saturated rings. The molecule has 0 unspecified atom stereocenters. The maximum absolute atomic E-state index is 14.6. The van der Waals surface area contributed by atoms with E-state index < -0.39 is 108 Å². The Hall–Kier alpha value is -1.93. The van der Waals surface area contributed by atoms with Gasteiger partial charge < -0.3 is 62.9 Å². The minimum Gasteiger partial charge on any atom is -0.459 e. The van der Waals surface area contributed by atoms with Crippen LogP contribution in [0, 0.1) is 23.7 Å². The molecule has 16 nitrogen and oxygen atoms in total. The van der Waals surface area contributed by atoms with Gasteiger partial charge in [-0.25, -0.2) is 4.99 Å². The summed E-state index contributed by atoms with van der Waals surface area (Å²) in [4.78, 5) is 34.5. The van der Waals surface area contributed by atoms with Crippen molar-refractivity contribution in [2.45, 2.75) is 179 Å². The lowest BCUT2D eigenvalue weighted by atomic mass is 9.73. The number of esters is 1. The van der Waals surface area contributed by atoms with Gasteiger partial charge in [-0.15, -0.1) is 0 Å². The number of nitrogens with zero attached hydrogens (tertiary/aromatic N) is 2. The first-order valence-electron chi connectivity index (χ1n) is 21.7. The Bertz CT molecular complexity index is 1480. The Labute approximate surface area is 357 Å². The first-order valence-corrected chi connectivity index (χ1v) is 21.7. The molecule has 0 saturated carbocycles. The molecule has 3 N–H and O–H groups in total. The van der Waals surface area contributed by atoms with E-state index in [-0.39, 0.29) is 51.2 Å². The monoisotopic (exact) mass is 857 g/mol. The van der Waals surface area contributed by atoms with Crippen LogP contribution in [-0.4, -0.2) is 170 Å². The van der Waals surface area contributed by atoms with E-state index in [2.05, 4.69) is 4.99 Å². The number of methoxy groups -OCH3 is 2. The second kappa shape index (κ2) is 21.2. The summed E-state index contributed by atoms with van der Waals surface area (Å²) in [5.41, 5.74) is -3.62. The van der Waals surface area contributed by atoms with Crippen LogP contribution in [0.5, 0.6) is 0 Å². The van der Waals surface area contributed by atoms with Crippen molar-refractivity contribution in [3.63, 3.8) is 0 Å². The number of carbonyl (C=O) groups is 2. The van der Waals surface area contributed by atoms with Crippen molar-refractivity contribution in [2.75, 3.05) is 48.1 Å². The number of hydrogen-bond donors (Lipinski definition) is 3. The molecule has 18 atom stereocenters. The number of ether oxygens (including phenoxy) is 9. The normalized spacial score (nSPS) is 46.5. The maximum Gasteiger partial charge on any atom is 0.311 e. The van der Waals surface area contributed by atoms with Crippen LogP contribution in [0.2, 0.25) is 0 Å². The molecule has 3 saturated heterocycles. The highest BCUT2D eigenvalue weighted by atomic mass is 16.7. The number of hydrogen-bond acceptors (Lipinski definition) is 15. The van der Waals surface area contributed by atoms with E-state index in [0.29, 0.717) is 12.1 Å². The highest BCUT2D eigenvalue weighted by Gasteiger charge is 2.54. The smallest absolute Gasteiger partial charge is 0.311 e. The van der Waals surface area contributed by atoms with Gasteiger partial charge in [0.05, 0.1) is 60.9 Å². The molecule has 0 aromatic carbocycles. The third-order valence-electron chi connectivity index (χ3n) is 13.4. The molecule has 4 rings (SSSR count). The van der Waals surface area contributed by atoms with Gasteiger partial charge in [-0.3, -0.25) is 9.59 Å². The first-order chi connectivity index (χ1) is 28.0. The summed E-state index contributed by atoms with van der Waals surface area (Å²) in [5.74, 6) is -4.04. The topological polar surface area (TPSA) is 193 Å². The average molecular weight is 857 g/mol. The molecular formula is C44H76N2O14. The van der Waals surface area contributed by atoms with Crippen molar-refractivity contribution in [1.29, 1.82) is 0 Å². The van der Waals surface area contributed by atoms with Crippen LogP contribution in [0.4, 0.5) is 0 Å². The third-order valence-corrected chi connectivity index (χ3v) is 13.4. The molecule has 4 aliphatic heterocycles. The average Bonchev–Trinajstić information content (AvgIpc) is 3.18. The SMILES string of the molecule is CC[C@H]1OC(=O)[C@H](C)[C@@H](O[C@H]2C[C@@](C)(OC)[C@@H](O)[C@H](C)O2)[C@@H](C)[C@@H](O[C@@H]2O[C@H](C)C[C@H](N(C)C)[C@H]2O)[C@]2(C)C[C@@H](C)C(=NC(=O)COC)[C@H](C)[C@@H](OC/C=C\CO2)[C@]1(C)O. The lowest BCUT2D eigenvalue weighted by Crippen LogP contribution is -2.62. The number of carbonyl (C=O) groups excluding carboxylic acids is 2. The molecule has 4 aliphatic rings. The Kier molecular flexibility index (Phi) is 17.9. The molecule has 0 spiro atoms. The predicted molar refractivity (Wildman–Crippen MR) is 222 cm³/mol. The van der Waals surface area contributed by atoms with Gasteiger partial charge in [-0.2, -0.15) is 0 Å². The maximum atomic E-state index is 14.6. The Balaban J connectivity index is 2.00. The largest absolute Gasteiger partial charge is 0.459 e. The van der Waals surface area contributed by atoms with Crippen LogP contribution in [0.3, 0.4) is 0 Å². The number of cyclic esters (lactones) is 1. The summed E-state index contributed by atoms with van der Waals surface area (Å²) in [6.45, 7) is 18.1. The molecule has 0 aromatic rings. The lowest BCUT2D eigenvalue weighted by Gasteiger charge is -2.50. The van der Waals surface area contributed by atoms with E-state index in [1.165, 1.54) is 14.2 Å². The van der Waals surface area contributed by atoms with Gasteiger partial charge >= 0.3 is 5.97 Å². The number of rotatable bonds is 9. The molecule has 16 heteroatoms. The van der Waals surface area contributed by atoms with Crippen LogP contribution in [-0.2, 0) is 52.2 Å². The predicted octanol–water partition coefficient (Wildman–Crippen LogP) is 3.45. The van der Waals surface area contributed by atoms with Crippen molar-refractivity contribution in [2.24, 2.45) is 28.7 Å². The Morgan fingerprint density at radius 1 is 0.967 bits per heavy atom. The Morgan fingerprint density at radius 3 is 2.25 bits per heavy atom. The number of aliphatic imine (C=N–C) groups is 1. The molecule has 2 bridgehead atoms. The molecule has 0 aromatic heterocycles. The van der Waals surface area contributed by atoms with Gasteiger partial charge in [0.1, 0.15) is 30.5 Å². The summed E-state index contributed by atoms with van der Waals surface area (Å²) < 4.78 is 57.2. The zero-order chi connectivity index (χ0) is 44.9. The Morgan fingerprint density at radius 2 is 1.63 bits per heavy atom. The summed E-state index contributed by atoms with van der Waals surface area (Å²) in [6.07, 6.45) is -4.29. The second-order valence-corrected chi connectivity index (χ2v) is 18.5. The zero-order valence-electron chi connectivity index (χ0n) is 38.5. The van der Waals surface area contributed by atoms with Crippen LogP contribution in [0.1, 0.15) is 94.9 Å². The van der Waals surface area contributed by atoms with Crippen LogP contribution < -0.4 is 0 Å². The summed E-state index contributed by atoms with van der Waals surface area (Å²) >= 11 is 0. The van der Waals surface area contributed by atoms with E-state index in [4.69, 9.17) is 42.6 Å². The van der Waals surface area contributed by atoms with Gasteiger partial charge in [-0.05, 0) is 80.8 Å². The third kappa shape index (κ3) is 11.4. The number of aliphatic hydroxyl groups excluding tert-OH is 2. The van der Waals surface area contributed by atoms with Gasteiger partial charge in [0.25, 0.3) is 5.91 Å². The van der Waals surface area contributed by atoms with Crippen molar-refractivity contribution >= 4 is 17.6 Å². The van der Waals surface area contributed by atoms with E-state index in [0.717, 1.165) is 0 Å². The van der Waals surface area contributed by atoms with Gasteiger partial charge in [0.2, 0.25) is 0 Å². The number of fused-ring (bicyclic) bond motifs is 5. The van der Waals surface area contributed by atoms with Gasteiger partial charge in [0.15, 0.2) is 12.6 Å². The molecule has 4 heterocycles. The van der Waals surface area contributed by atoms with E-state index >= 15 is 0 Å². The fourth-order valence-corrected chi connectivity index (χ4v) is 9.88. The molecule has 1 amide bonds. The summed E-state index contributed by atoms with van der Waals surface area (Å²) in [6, 6.07) is -0.294. The fraction of sp³-hybridized carbons (Fsp3) is 0.886. The molecule has 346 valence electrons. The lowest BCUT2D eigenvalue weighted by molar-refractivity contribution is -0.320. The van der Waals surface area contributed by atoms with Gasteiger partial charge in [0, 0.05) is 44.2 Å². The van der Waals surface area contributed by atoms with E-state index in [1.807, 2.05) is 66.6 Å². The van der Waals surface area contributed by atoms with Crippen LogP contribution >= 0.6 is 0 Å². The second-order valence-electron chi connectivity index (χ2n) is 18.5. The number of aliphatic hydroxyl groups is 3. The highest BCUT2D eigenvalue weighted by Crippen LogP contribution is 2.43. The summed E-state index contributed by atoms with van der Waals surface area (Å²) in [7, 11) is 6.74. The van der Waals surface area contributed by atoms with Crippen LogP contribution in [0.25, 0.3) is 0 Å². The number of likely N-dealkylation sites (N-methyl/N-ethyl adjacent to an activating group) is 1. The van der Waals surface area contributed by atoms with E-state index in [1.54, 1.807) is 33.8 Å². The molecule has 60 heavy (non-hydrogen) atoms. The molecular weight excluding hydrogens is 780 g/mol. The fourth-order valence-electron chi connectivity index (χ4n) is 9.88. The standard InChI is InChI=1S/C44H76N2O14/c1-15-31-44(10,51)39-26(4)34(45-32(47)23-52-13)24(2)21-43(9,55-19-17-16-18-54-39)38(60-41-35(48)30(46(11)12)20-25(3)56-41)27(5)36(28(6)40(50)58-31)59-33-22-42(8,53-14)37(49)29(7)57-33/h16-17,24-31,33,35-39,41,48-49,51H,15,18-23H2,1-14H3/b17-16-,45-34?/t24-,25-,26+,27-,28-,29+,30+,31-,33+,35-,36+,37+,38-,39-,41+,42-,43+,44-/m1/s1. The first kappa shape index (κ1) is 50.7. The van der Waals surface area contributed by atoms with Crippen LogP contribution in [0.15, 0.2) is 17.1 Å². The minimum absolute atomic E-state index is 0.0762. The quantitative estimate of drug-likeness (QED) is 0.226. The summed E-state index contributed by atoms with van der Waals surface area (Å²) in [5, 5.41) is 35.5. The zero-order valence-corrected chi connectivity index (χ0v) is 38.5. The van der Waals surface area contributed by atoms with Crippen molar-refractivity contribution in [1.82, 2.24) is 4.90 Å². The van der Waals surface area contributed by atoms with Crippen molar-refractivity contribution in [3.8, 4) is 0 Å². The van der Waals surface area contributed by atoms with E-state index in [9.17, 15) is 24.9 Å².